The normalized spacial score (nSPS) is 20.2. The Labute approximate surface area is 143 Å². The summed E-state index contributed by atoms with van der Waals surface area (Å²) in [6.45, 7) is 3.23. The highest BCUT2D eigenvalue weighted by molar-refractivity contribution is 5.82. The van der Waals surface area contributed by atoms with Crippen LogP contribution in [0, 0.1) is 0 Å². The van der Waals surface area contributed by atoms with Crippen LogP contribution in [0.3, 0.4) is 0 Å². The zero-order valence-electron chi connectivity index (χ0n) is 14.1. The van der Waals surface area contributed by atoms with Crippen LogP contribution in [-0.2, 0) is 17.9 Å². The minimum Gasteiger partial charge on any atom is -0.467 e. The maximum atomic E-state index is 13.0. The monoisotopic (exact) mass is 327 g/mol. The fraction of sp³-hybridized carbons (Fsp3) is 0.421. The summed E-state index contributed by atoms with van der Waals surface area (Å²) in [5.74, 6) is 0.914. The van der Waals surface area contributed by atoms with Gasteiger partial charge in [0.2, 0.25) is 5.91 Å². The van der Waals surface area contributed by atoms with Gasteiger partial charge >= 0.3 is 0 Å². The summed E-state index contributed by atoms with van der Waals surface area (Å²) in [7, 11) is 0. The number of amides is 1. The van der Waals surface area contributed by atoms with Gasteiger partial charge in [0.25, 0.3) is 0 Å². The SMILES string of the molecule is CCCC1CC(C(=O)N(Cc2ccccc2)Cc2ccco2)NN1. The van der Waals surface area contributed by atoms with Gasteiger partial charge in [0.1, 0.15) is 11.8 Å². The van der Waals surface area contributed by atoms with Gasteiger partial charge in [-0.15, -0.1) is 0 Å². The lowest BCUT2D eigenvalue weighted by Crippen LogP contribution is -2.45. The van der Waals surface area contributed by atoms with Crippen LogP contribution in [0.25, 0.3) is 0 Å². The Hall–Kier alpha value is -2.11. The Kier molecular flexibility index (Phi) is 5.67. The molecule has 5 heteroatoms. The molecule has 1 saturated heterocycles. The number of hydrazine groups is 1. The largest absolute Gasteiger partial charge is 0.467 e. The van der Waals surface area contributed by atoms with E-state index in [-0.39, 0.29) is 11.9 Å². The Morgan fingerprint density at radius 1 is 1.17 bits per heavy atom. The van der Waals surface area contributed by atoms with Crippen molar-refractivity contribution < 1.29 is 9.21 Å². The van der Waals surface area contributed by atoms with Crippen molar-refractivity contribution in [1.29, 1.82) is 0 Å². The van der Waals surface area contributed by atoms with E-state index in [0.717, 1.165) is 30.6 Å². The van der Waals surface area contributed by atoms with Crippen molar-refractivity contribution in [2.24, 2.45) is 0 Å². The molecule has 2 atom stereocenters. The summed E-state index contributed by atoms with van der Waals surface area (Å²) in [4.78, 5) is 14.9. The third kappa shape index (κ3) is 4.24. The smallest absolute Gasteiger partial charge is 0.241 e. The van der Waals surface area contributed by atoms with Crippen molar-refractivity contribution in [1.82, 2.24) is 15.8 Å². The van der Waals surface area contributed by atoms with E-state index < -0.39 is 0 Å². The zero-order chi connectivity index (χ0) is 16.8. The van der Waals surface area contributed by atoms with Crippen LogP contribution in [0.1, 0.15) is 37.5 Å². The summed E-state index contributed by atoms with van der Waals surface area (Å²) in [6, 6.07) is 14.0. The van der Waals surface area contributed by atoms with Crippen molar-refractivity contribution >= 4 is 5.91 Å². The highest BCUT2D eigenvalue weighted by Crippen LogP contribution is 2.17. The van der Waals surface area contributed by atoms with Crippen LogP contribution in [0.5, 0.6) is 0 Å². The number of hydrogen-bond donors (Lipinski definition) is 2. The molecule has 2 unspecified atom stereocenters. The molecule has 0 saturated carbocycles. The molecule has 128 valence electrons. The maximum Gasteiger partial charge on any atom is 0.241 e. The van der Waals surface area contributed by atoms with Gasteiger partial charge in [0.05, 0.1) is 12.8 Å². The second-order valence-electron chi connectivity index (χ2n) is 6.32. The van der Waals surface area contributed by atoms with Gasteiger partial charge in [-0.2, -0.15) is 0 Å². The average molecular weight is 327 g/mol. The van der Waals surface area contributed by atoms with Gasteiger partial charge in [0.15, 0.2) is 0 Å². The van der Waals surface area contributed by atoms with Crippen LogP contribution >= 0.6 is 0 Å². The second kappa shape index (κ2) is 8.13. The molecule has 1 aromatic carbocycles. The lowest BCUT2D eigenvalue weighted by molar-refractivity contribution is -0.134. The summed E-state index contributed by atoms with van der Waals surface area (Å²) >= 11 is 0. The molecule has 0 bridgehead atoms. The molecule has 2 aromatic rings. The fourth-order valence-corrected chi connectivity index (χ4v) is 3.15. The van der Waals surface area contributed by atoms with Gasteiger partial charge in [-0.1, -0.05) is 43.7 Å². The van der Waals surface area contributed by atoms with Crippen molar-refractivity contribution in [3.05, 3.63) is 60.1 Å². The third-order valence-corrected chi connectivity index (χ3v) is 4.37. The molecule has 2 heterocycles. The Bertz CT molecular complexity index is 627. The van der Waals surface area contributed by atoms with Gasteiger partial charge in [-0.05, 0) is 30.5 Å². The first-order valence-electron chi connectivity index (χ1n) is 8.62. The molecule has 1 fully saturated rings. The highest BCUT2D eigenvalue weighted by atomic mass is 16.3. The number of carbonyl (C=O) groups is 1. The van der Waals surface area contributed by atoms with Gasteiger partial charge in [-0.25, -0.2) is 5.43 Å². The molecule has 1 aliphatic rings. The molecule has 0 radical (unpaired) electrons. The van der Waals surface area contributed by atoms with E-state index in [1.807, 2.05) is 47.4 Å². The fourth-order valence-electron chi connectivity index (χ4n) is 3.15. The minimum atomic E-state index is -0.180. The highest BCUT2D eigenvalue weighted by Gasteiger charge is 2.32. The van der Waals surface area contributed by atoms with Gasteiger partial charge < -0.3 is 9.32 Å². The summed E-state index contributed by atoms with van der Waals surface area (Å²) in [6.07, 6.45) is 4.66. The number of hydrogen-bond acceptors (Lipinski definition) is 4. The number of nitrogens with one attached hydrogen (secondary N) is 2. The van der Waals surface area contributed by atoms with Crippen molar-refractivity contribution in [2.45, 2.75) is 51.4 Å². The molecule has 0 spiro atoms. The standard InChI is InChI=1S/C19H25N3O2/c1-2-7-16-12-18(21-20-16)19(23)22(14-17-10-6-11-24-17)13-15-8-4-3-5-9-15/h3-6,8-11,16,18,20-21H,2,7,12-14H2,1H3. The Morgan fingerprint density at radius 2 is 2.00 bits per heavy atom. The van der Waals surface area contributed by atoms with E-state index >= 15 is 0 Å². The summed E-state index contributed by atoms with van der Waals surface area (Å²) < 4.78 is 5.44. The van der Waals surface area contributed by atoms with E-state index in [1.165, 1.54) is 0 Å². The Morgan fingerprint density at radius 3 is 2.71 bits per heavy atom. The van der Waals surface area contributed by atoms with Crippen LogP contribution < -0.4 is 10.9 Å². The zero-order valence-corrected chi connectivity index (χ0v) is 14.1. The maximum absolute atomic E-state index is 13.0. The molecule has 1 aliphatic heterocycles. The van der Waals surface area contributed by atoms with E-state index in [4.69, 9.17) is 4.42 Å². The molecule has 0 aliphatic carbocycles. The number of benzene rings is 1. The molecule has 3 rings (SSSR count). The molecular formula is C19H25N3O2. The Balaban J connectivity index is 1.70. The van der Waals surface area contributed by atoms with Crippen LogP contribution in [0.2, 0.25) is 0 Å². The first-order chi connectivity index (χ1) is 11.8. The lowest BCUT2D eigenvalue weighted by Gasteiger charge is -2.25. The number of furan rings is 1. The molecule has 2 N–H and O–H groups in total. The van der Waals surface area contributed by atoms with Crippen molar-refractivity contribution in [2.75, 3.05) is 0 Å². The number of carbonyl (C=O) groups excluding carboxylic acids is 1. The average Bonchev–Trinajstić information content (AvgIpc) is 3.27. The van der Waals surface area contributed by atoms with Crippen LogP contribution in [0.4, 0.5) is 0 Å². The topological polar surface area (TPSA) is 57.5 Å². The van der Waals surface area contributed by atoms with Crippen LogP contribution in [-0.4, -0.2) is 22.9 Å². The van der Waals surface area contributed by atoms with E-state index in [0.29, 0.717) is 19.1 Å². The van der Waals surface area contributed by atoms with Gasteiger partial charge in [-0.3, -0.25) is 10.2 Å². The van der Waals surface area contributed by atoms with E-state index in [1.54, 1.807) is 6.26 Å². The molecule has 5 nitrogen and oxygen atoms in total. The van der Waals surface area contributed by atoms with Crippen molar-refractivity contribution in [3.8, 4) is 0 Å². The number of rotatable bonds is 7. The summed E-state index contributed by atoms with van der Waals surface area (Å²) in [5.41, 5.74) is 7.53. The number of nitrogens with zero attached hydrogens (tertiary/aromatic N) is 1. The third-order valence-electron chi connectivity index (χ3n) is 4.37. The predicted molar refractivity (Wildman–Crippen MR) is 92.8 cm³/mol. The minimum absolute atomic E-state index is 0.112. The first kappa shape index (κ1) is 16.7. The van der Waals surface area contributed by atoms with Gasteiger partial charge in [0, 0.05) is 12.6 Å². The first-order valence-corrected chi connectivity index (χ1v) is 8.62. The molecule has 1 aromatic heterocycles. The molecule has 24 heavy (non-hydrogen) atoms. The molecular weight excluding hydrogens is 302 g/mol. The molecule has 1 amide bonds. The lowest BCUT2D eigenvalue weighted by atomic mass is 10.0. The van der Waals surface area contributed by atoms with E-state index in [9.17, 15) is 4.79 Å². The van der Waals surface area contributed by atoms with Crippen LogP contribution in [0.15, 0.2) is 53.1 Å². The second-order valence-corrected chi connectivity index (χ2v) is 6.32. The summed E-state index contributed by atoms with van der Waals surface area (Å²) in [5, 5.41) is 0. The quantitative estimate of drug-likeness (QED) is 0.821. The van der Waals surface area contributed by atoms with Crippen molar-refractivity contribution in [3.63, 3.8) is 0 Å². The predicted octanol–water partition coefficient (Wildman–Crippen LogP) is 2.84. The van der Waals surface area contributed by atoms with E-state index in [2.05, 4.69) is 17.8 Å².